The molecule has 10 heteroatoms. The number of nitro benzene ring substituents is 1. The van der Waals surface area contributed by atoms with Gasteiger partial charge < -0.3 is 0 Å². The standard InChI is InChI=1S/C15H8Cl2N4O3S/c16-11-4-2-1-3-10(11)14-19-20-15(25-14)18-13(22)9-6-5-8(21(23)24)7-12(9)17/h1-7H,(H,18,20,22). The molecule has 0 aliphatic rings. The van der Waals surface area contributed by atoms with Gasteiger partial charge >= 0.3 is 0 Å². The second-order valence-corrected chi connectivity index (χ2v) is 6.56. The molecule has 0 fully saturated rings. The van der Waals surface area contributed by atoms with Crippen LogP contribution in [0.15, 0.2) is 42.5 Å². The molecule has 0 radical (unpaired) electrons. The highest BCUT2D eigenvalue weighted by Gasteiger charge is 2.17. The number of hydrogen-bond acceptors (Lipinski definition) is 6. The summed E-state index contributed by atoms with van der Waals surface area (Å²) in [5, 5.41) is 22.5. The third-order valence-corrected chi connectivity index (χ3v) is 4.67. The molecule has 0 aliphatic carbocycles. The first-order chi connectivity index (χ1) is 12.0. The van der Waals surface area contributed by atoms with Crippen molar-refractivity contribution in [3.63, 3.8) is 0 Å². The van der Waals surface area contributed by atoms with Crippen molar-refractivity contribution >= 4 is 51.3 Å². The zero-order valence-electron chi connectivity index (χ0n) is 12.3. The Labute approximate surface area is 155 Å². The van der Waals surface area contributed by atoms with Gasteiger partial charge in [-0.05, 0) is 12.1 Å². The van der Waals surface area contributed by atoms with E-state index in [2.05, 4.69) is 15.5 Å². The predicted octanol–water partition coefficient (Wildman–Crippen LogP) is 4.67. The molecule has 0 aliphatic heterocycles. The van der Waals surface area contributed by atoms with Crippen molar-refractivity contribution in [1.82, 2.24) is 10.2 Å². The molecule has 3 rings (SSSR count). The van der Waals surface area contributed by atoms with Gasteiger partial charge in [-0.3, -0.25) is 20.2 Å². The van der Waals surface area contributed by atoms with Crippen LogP contribution in [0.1, 0.15) is 10.4 Å². The molecule has 1 heterocycles. The van der Waals surface area contributed by atoms with Gasteiger partial charge in [0, 0.05) is 17.7 Å². The summed E-state index contributed by atoms with van der Waals surface area (Å²) in [6.07, 6.45) is 0. The number of hydrogen-bond donors (Lipinski definition) is 1. The van der Waals surface area contributed by atoms with Gasteiger partial charge in [-0.15, -0.1) is 10.2 Å². The van der Waals surface area contributed by atoms with E-state index in [4.69, 9.17) is 23.2 Å². The highest BCUT2D eigenvalue weighted by Crippen LogP contribution is 2.32. The third-order valence-electron chi connectivity index (χ3n) is 3.16. The molecule has 1 N–H and O–H groups in total. The summed E-state index contributed by atoms with van der Waals surface area (Å²) in [6.45, 7) is 0. The Hall–Kier alpha value is -2.55. The Bertz CT molecular complexity index is 977. The number of rotatable bonds is 4. The Morgan fingerprint density at radius 1 is 1.12 bits per heavy atom. The van der Waals surface area contributed by atoms with Crippen LogP contribution >= 0.6 is 34.5 Å². The fourth-order valence-electron chi connectivity index (χ4n) is 1.98. The van der Waals surface area contributed by atoms with Gasteiger partial charge in [0.15, 0.2) is 5.01 Å². The summed E-state index contributed by atoms with van der Waals surface area (Å²) in [7, 11) is 0. The highest BCUT2D eigenvalue weighted by atomic mass is 35.5. The van der Waals surface area contributed by atoms with Crippen molar-refractivity contribution in [2.45, 2.75) is 0 Å². The number of carbonyl (C=O) groups excluding carboxylic acids is 1. The lowest BCUT2D eigenvalue weighted by Crippen LogP contribution is -2.12. The van der Waals surface area contributed by atoms with Gasteiger partial charge in [-0.1, -0.05) is 52.7 Å². The maximum Gasteiger partial charge on any atom is 0.270 e. The molecule has 2 aromatic carbocycles. The first kappa shape index (κ1) is 17.3. The van der Waals surface area contributed by atoms with E-state index in [0.717, 1.165) is 17.4 Å². The topological polar surface area (TPSA) is 98.0 Å². The zero-order chi connectivity index (χ0) is 18.0. The minimum Gasteiger partial charge on any atom is -0.296 e. The molecule has 1 amide bonds. The van der Waals surface area contributed by atoms with E-state index in [9.17, 15) is 14.9 Å². The quantitative estimate of drug-likeness (QED) is 0.511. The summed E-state index contributed by atoms with van der Waals surface area (Å²) in [4.78, 5) is 22.4. The zero-order valence-corrected chi connectivity index (χ0v) is 14.6. The fourth-order valence-corrected chi connectivity index (χ4v) is 3.30. The Morgan fingerprint density at radius 2 is 1.88 bits per heavy atom. The number of non-ortho nitro benzene ring substituents is 1. The van der Waals surface area contributed by atoms with Gasteiger partial charge in [-0.25, -0.2) is 0 Å². The average molecular weight is 395 g/mol. The summed E-state index contributed by atoms with van der Waals surface area (Å²) in [6, 6.07) is 10.7. The van der Waals surface area contributed by atoms with Crippen LogP contribution in [-0.4, -0.2) is 21.0 Å². The van der Waals surface area contributed by atoms with E-state index in [0.29, 0.717) is 15.6 Å². The normalized spacial score (nSPS) is 10.5. The maximum absolute atomic E-state index is 12.3. The number of benzene rings is 2. The molecule has 1 aromatic heterocycles. The van der Waals surface area contributed by atoms with E-state index in [-0.39, 0.29) is 21.4 Å². The minimum atomic E-state index is -0.589. The molecule has 0 bridgehead atoms. The van der Waals surface area contributed by atoms with Crippen LogP contribution in [-0.2, 0) is 0 Å². The van der Waals surface area contributed by atoms with Crippen molar-refractivity contribution in [1.29, 1.82) is 0 Å². The van der Waals surface area contributed by atoms with Crippen LogP contribution in [0.3, 0.4) is 0 Å². The smallest absolute Gasteiger partial charge is 0.270 e. The van der Waals surface area contributed by atoms with Crippen LogP contribution < -0.4 is 5.32 Å². The highest BCUT2D eigenvalue weighted by molar-refractivity contribution is 7.18. The molecule has 0 atom stereocenters. The number of nitrogens with zero attached hydrogens (tertiary/aromatic N) is 3. The lowest BCUT2D eigenvalue weighted by molar-refractivity contribution is -0.384. The van der Waals surface area contributed by atoms with E-state index in [1.807, 2.05) is 6.07 Å². The molecule has 0 spiro atoms. The van der Waals surface area contributed by atoms with Crippen molar-refractivity contribution in [2.24, 2.45) is 0 Å². The molecule has 0 saturated carbocycles. The van der Waals surface area contributed by atoms with Crippen LogP contribution in [0, 0.1) is 10.1 Å². The van der Waals surface area contributed by atoms with Crippen molar-refractivity contribution in [3.8, 4) is 10.6 Å². The number of anilines is 1. The molecule has 3 aromatic rings. The number of aromatic nitrogens is 2. The van der Waals surface area contributed by atoms with Crippen LogP contribution in [0.5, 0.6) is 0 Å². The largest absolute Gasteiger partial charge is 0.296 e. The molecule has 25 heavy (non-hydrogen) atoms. The minimum absolute atomic E-state index is 0.0254. The molecular formula is C15H8Cl2N4O3S. The summed E-state index contributed by atoms with van der Waals surface area (Å²) in [5.74, 6) is -0.540. The average Bonchev–Trinajstić information content (AvgIpc) is 3.03. The van der Waals surface area contributed by atoms with Crippen molar-refractivity contribution < 1.29 is 9.72 Å². The van der Waals surface area contributed by atoms with Gasteiger partial charge in [0.2, 0.25) is 5.13 Å². The van der Waals surface area contributed by atoms with Crippen molar-refractivity contribution in [2.75, 3.05) is 5.32 Å². The summed E-state index contributed by atoms with van der Waals surface area (Å²) >= 11 is 13.2. The molecule has 0 unspecified atom stereocenters. The lowest BCUT2D eigenvalue weighted by Gasteiger charge is -2.03. The van der Waals surface area contributed by atoms with Crippen molar-refractivity contribution in [3.05, 3.63) is 68.2 Å². The predicted molar refractivity (Wildman–Crippen MR) is 96.4 cm³/mol. The first-order valence-corrected chi connectivity index (χ1v) is 8.36. The van der Waals surface area contributed by atoms with Crippen LogP contribution in [0.25, 0.3) is 10.6 Å². The SMILES string of the molecule is O=C(Nc1nnc(-c2ccccc2Cl)s1)c1ccc([N+](=O)[O-])cc1Cl. The second kappa shape index (κ2) is 7.14. The number of nitro groups is 1. The van der Waals surface area contributed by atoms with E-state index in [1.54, 1.807) is 18.2 Å². The van der Waals surface area contributed by atoms with Gasteiger partial charge in [0.25, 0.3) is 11.6 Å². The Morgan fingerprint density at radius 3 is 2.56 bits per heavy atom. The fraction of sp³-hybridized carbons (Fsp3) is 0. The van der Waals surface area contributed by atoms with Crippen LogP contribution in [0.2, 0.25) is 10.0 Å². The summed E-state index contributed by atoms with van der Waals surface area (Å²) in [5.41, 5.74) is 0.607. The number of carbonyl (C=O) groups is 1. The summed E-state index contributed by atoms with van der Waals surface area (Å²) < 4.78 is 0. The molecule has 0 saturated heterocycles. The molecule has 126 valence electrons. The van der Waals surface area contributed by atoms with Gasteiger partial charge in [0.05, 0.1) is 20.5 Å². The first-order valence-electron chi connectivity index (χ1n) is 6.79. The number of nitrogens with one attached hydrogen (secondary N) is 1. The molecule has 7 nitrogen and oxygen atoms in total. The van der Waals surface area contributed by atoms with E-state index < -0.39 is 10.8 Å². The lowest BCUT2D eigenvalue weighted by atomic mass is 10.2. The van der Waals surface area contributed by atoms with Gasteiger partial charge in [-0.2, -0.15) is 0 Å². The maximum atomic E-state index is 12.3. The van der Waals surface area contributed by atoms with E-state index >= 15 is 0 Å². The number of halogens is 2. The van der Waals surface area contributed by atoms with E-state index in [1.165, 1.54) is 12.1 Å². The second-order valence-electron chi connectivity index (χ2n) is 4.77. The monoisotopic (exact) mass is 394 g/mol. The molecular weight excluding hydrogens is 387 g/mol. The van der Waals surface area contributed by atoms with Gasteiger partial charge in [0.1, 0.15) is 0 Å². The van der Waals surface area contributed by atoms with Crippen LogP contribution in [0.4, 0.5) is 10.8 Å². The third kappa shape index (κ3) is 3.76. The number of amides is 1. The Kier molecular flexibility index (Phi) is 4.93. The Balaban J connectivity index is 1.81.